The van der Waals surface area contributed by atoms with Crippen LogP contribution in [0.1, 0.15) is 11.1 Å². The van der Waals surface area contributed by atoms with Crippen LogP contribution in [-0.2, 0) is 13.0 Å². The molecule has 0 N–H and O–H groups in total. The summed E-state index contributed by atoms with van der Waals surface area (Å²) < 4.78 is 6.52. The van der Waals surface area contributed by atoms with Crippen LogP contribution in [-0.4, -0.2) is 25.6 Å². The monoisotopic (exact) mass is 333 g/mol. The highest BCUT2D eigenvalue weighted by Crippen LogP contribution is 2.18. The molecule has 0 spiro atoms. The number of rotatable bonds is 6. The smallest absolute Gasteiger partial charge is 0.122 e. The number of methoxy groups -OCH3 is 1. The number of likely N-dealkylation sites (N-methyl/N-ethyl adjacent to an activating group) is 1. The minimum Gasteiger partial charge on any atom is -0.496 e. The molecule has 0 amide bonds. The summed E-state index contributed by atoms with van der Waals surface area (Å²) in [5.74, 6) is 0.975. The largest absolute Gasteiger partial charge is 0.496 e. The Bertz CT molecular complexity index is 556. The summed E-state index contributed by atoms with van der Waals surface area (Å²) in [5, 5.41) is 0. The average Bonchev–Trinajstić information content (AvgIpc) is 2.45. The zero-order valence-corrected chi connectivity index (χ0v) is 13.6. The fourth-order valence-corrected chi connectivity index (χ4v) is 2.69. The lowest BCUT2D eigenvalue weighted by Crippen LogP contribution is -2.20. The molecule has 0 aliphatic rings. The molecule has 0 unspecified atom stereocenters. The van der Waals surface area contributed by atoms with E-state index in [1.54, 1.807) is 7.11 Å². The number of benzene rings is 2. The Morgan fingerprint density at radius 2 is 1.90 bits per heavy atom. The minimum absolute atomic E-state index is 0.953. The Morgan fingerprint density at radius 3 is 2.65 bits per heavy atom. The first-order valence-electron chi connectivity index (χ1n) is 6.74. The zero-order chi connectivity index (χ0) is 14.4. The summed E-state index contributed by atoms with van der Waals surface area (Å²) in [6, 6.07) is 16.7. The van der Waals surface area contributed by atoms with Gasteiger partial charge in [0.05, 0.1) is 7.11 Å². The van der Waals surface area contributed by atoms with Gasteiger partial charge in [-0.1, -0.05) is 46.3 Å². The van der Waals surface area contributed by atoms with Crippen molar-refractivity contribution < 1.29 is 4.74 Å². The van der Waals surface area contributed by atoms with E-state index in [9.17, 15) is 0 Å². The maximum atomic E-state index is 5.39. The summed E-state index contributed by atoms with van der Waals surface area (Å²) >= 11 is 3.51. The van der Waals surface area contributed by atoms with Gasteiger partial charge >= 0.3 is 0 Å². The third-order valence-corrected chi connectivity index (χ3v) is 3.79. The van der Waals surface area contributed by atoms with E-state index in [0.29, 0.717) is 0 Å². The predicted molar refractivity (Wildman–Crippen MR) is 87.2 cm³/mol. The Hall–Kier alpha value is -1.32. The highest BCUT2D eigenvalue weighted by atomic mass is 79.9. The third kappa shape index (κ3) is 4.36. The van der Waals surface area contributed by atoms with Crippen molar-refractivity contribution in [2.45, 2.75) is 13.0 Å². The van der Waals surface area contributed by atoms with Gasteiger partial charge in [0.2, 0.25) is 0 Å². The molecule has 0 saturated carbocycles. The van der Waals surface area contributed by atoms with Gasteiger partial charge in [-0.05, 0) is 42.8 Å². The van der Waals surface area contributed by atoms with Gasteiger partial charge in [0.15, 0.2) is 0 Å². The van der Waals surface area contributed by atoms with Crippen molar-refractivity contribution in [2.75, 3.05) is 20.7 Å². The molecule has 0 atom stereocenters. The van der Waals surface area contributed by atoms with Crippen molar-refractivity contribution in [2.24, 2.45) is 0 Å². The lowest BCUT2D eigenvalue weighted by Gasteiger charge is -2.17. The zero-order valence-electron chi connectivity index (χ0n) is 12.0. The molecule has 0 aromatic heterocycles. The van der Waals surface area contributed by atoms with E-state index >= 15 is 0 Å². The number of hydrogen-bond acceptors (Lipinski definition) is 2. The van der Waals surface area contributed by atoms with Gasteiger partial charge in [-0.3, -0.25) is 0 Å². The molecule has 106 valence electrons. The lowest BCUT2D eigenvalue weighted by molar-refractivity contribution is 0.328. The fourth-order valence-electron chi connectivity index (χ4n) is 2.25. The van der Waals surface area contributed by atoms with Crippen LogP contribution in [0.15, 0.2) is 53.0 Å². The summed E-state index contributed by atoms with van der Waals surface area (Å²) in [6.45, 7) is 1.96. The molecule has 0 saturated heterocycles. The molecule has 2 nitrogen and oxygen atoms in total. The van der Waals surface area contributed by atoms with Crippen molar-refractivity contribution in [3.63, 3.8) is 0 Å². The molecule has 3 heteroatoms. The van der Waals surface area contributed by atoms with Gasteiger partial charge in [-0.15, -0.1) is 0 Å². The Kier molecular flexibility index (Phi) is 5.62. The topological polar surface area (TPSA) is 12.5 Å². The molecule has 0 bridgehead atoms. The standard InChI is InChI=1S/C17H20BrNO/c1-19(13-14-6-5-8-16(18)12-14)11-10-15-7-3-4-9-17(15)20-2/h3-9,12H,10-11,13H2,1-2H3. The van der Waals surface area contributed by atoms with Crippen molar-refractivity contribution in [3.8, 4) is 5.75 Å². The highest BCUT2D eigenvalue weighted by molar-refractivity contribution is 9.10. The summed E-state index contributed by atoms with van der Waals surface area (Å²) in [7, 11) is 3.88. The van der Waals surface area contributed by atoms with E-state index in [2.05, 4.69) is 64.3 Å². The van der Waals surface area contributed by atoms with Gasteiger partial charge in [-0.2, -0.15) is 0 Å². The highest BCUT2D eigenvalue weighted by Gasteiger charge is 2.05. The van der Waals surface area contributed by atoms with Crippen LogP contribution in [0.2, 0.25) is 0 Å². The van der Waals surface area contributed by atoms with Crippen molar-refractivity contribution in [1.29, 1.82) is 0 Å². The molecule has 0 radical (unpaired) electrons. The Balaban J connectivity index is 1.90. The maximum Gasteiger partial charge on any atom is 0.122 e. The van der Waals surface area contributed by atoms with Gasteiger partial charge < -0.3 is 9.64 Å². The maximum absolute atomic E-state index is 5.39. The normalized spacial score (nSPS) is 10.8. The molecule has 0 fully saturated rings. The molecule has 20 heavy (non-hydrogen) atoms. The number of nitrogens with zero attached hydrogens (tertiary/aromatic N) is 1. The molecular formula is C17H20BrNO. The van der Waals surface area contributed by atoms with E-state index < -0.39 is 0 Å². The quantitative estimate of drug-likeness (QED) is 0.787. The van der Waals surface area contributed by atoms with Crippen LogP contribution >= 0.6 is 15.9 Å². The van der Waals surface area contributed by atoms with E-state index in [-0.39, 0.29) is 0 Å². The van der Waals surface area contributed by atoms with Crippen molar-refractivity contribution in [1.82, 2.24) is 4.90 Å². The average molecular weight is 334 g/mol. The van der Waals surface area contributed by atoms with Gasteiger partial charge in [0.1, 0.15) is 5.75 Å². The summed E-state index contributed by atoms with van der Waals surface area (Å²) in [5.41, 5.74) is 2.58. The van der Waals surface area contributed by atoms with Gasteiger partial charge in [0.25, 0.3) is 0 Å². The van der Waals surface area contributed by atoms with E-state index in [4.69, 9.17) is 4.74 Å². The Morgan fingerprint density at radius 1 is 1.10 bits per heavy atom. The van der Waals surface area contributed by atoms with Crippen LogP contribution in [0.5, 0.6) is 5.75 Å². The van der Waals surface area contributed by atoms with Gasteiger partial charge in [-0.25, -0.2) is 0 Å². The van der Waals surface area contributed by atoms with Crippen LogP contribution in [0.25, 0.3) is 0 Å². The lowest BCUT2D eigenvalue weighted by atomic mass is 10.1. The SMILES string of the molecule is COc1ccccc1CCN(C)Cc1cccc(Br)c1. The first-order valence-corrected chi connectivity index (χ1v) is 7.53. The molecule has 0 aliphatic heterocycles. The molecular weight excluding hydrogens is 314 g/mol. The van der Waals surface area contributed by atoms with Crippen molar-refractivity contribution in [3.05, 3.63) is 64.1 Å². The second-order valence-corrected chi connectivity index (χ2v) is 5.85. The van der Waals surface area contributed by atoms with E-state index in [1.807, 2.05) is 12.1 Å². The summed E-state index contributed by atoms with van der Waals surface area (Å²) in [4.78, 5) is 2.33. The molecule has 0 aliphatic carbocycles. The van der Waals surface area contributed by atoms with E-state index in [1.165, 1.54) is 11.1 Å². The second-order valence-electron chi connectivity index (χ2n) is 4.93. The van der Waals surface area contributed by atoms with Crippen LogP contribution < -0.4 is 4.74 Å². The molecule has 2 rings (SSSR count). The second kappa shape index (κ2) is 7.46. The third-order valence-electron chi connectivity index (χ3n) is 3.30. The Labute approximate surface area is 129 Å². The number of halogens is 1. The van der Waals surface area contributed by atoms with Crippen LogP contribution in [0.3, 0.4) is 0 Å². The molecule has 0 heterocycles. The molecule has 2 aromatic rings. The van der Waals surface area contributed by atoms with Crippen LogP contribution in [0, 0.1) is 0 Å². The number of para-hydroxylation sites is 1. The first kappa shape index (κ1) is 15.1. The predicted octanol–water partition coefficient (Wildman–Crippen LogP) is 4.13. The minimum atomic E-state index is 0.953. The van der Waals surface area contributed by atoms with E-state index in [0.717, 1.165) is 29.7 Å². The summed E-state index contributed by atoms with van der Waals surface area (Å²) in [6.07, 6.45) is 0.995. The van der Waals surface area contributed by atoms with Crippen LogP contribution in [0.4, 0.5) is 0 Å². The van der Waals surface area contributed by atoms with Gasteiger partial charge in [0, 0.05) is 17.6 Å². The number of hydrogen-bond donors (Lipinski definition) is 0. The van der Waals surface area contributed by atoms with Crippen molar-refractivity contribution >= 4 is 15.9 Å². The fraction of sp³-hybridized carbons (Fsp3) is 0.294. The first-order chi connectivity index (χ1) is 9.69. The number of ether oxygens (including phenoxy) is 1. The molecule has 2 aromatic carbocycles.